The summed E-state index contributed by atoms with van der Waals surface area (Å²) >= 11 is 0. The highest BCUT2D eigenvalue weighted by atomic mass is 16.1. The van der Waals surface area contributed by atoms with Gasteiger partial charge in [0.1, 0.15) is 0 Å². The Bertz CT molecular complexity index is 479. The van der Waals surface area contributed by atoms with Gasteiger partial charge in [0.15, 0.2) is 5.78 Å². The molecule has 1 saturated carbocycles. The van der Waals surface area contributed by atoms with Crippen LogP contribution in [0, 0.1) is 5.92 Å². The molecule has 1 aromatic rings. The molecule has 3 rings (SSSR count). The Kier molecular flexibility index (Phi) is 2.24. The van der Waals surface area contributed by atoms with Crippen molar-refractivity contribution in [2.75, 3.05) is 0 Å². The minimum absolute atomic E-state index is 0.207. The number of ketones is 1. The SMILES string of the molecule is O=C(C1=CC=C2CCCC21)c1ccccc1. The number of carbonyl (C=O) groups is 1. The van der Waals surface area contributed by atoms with E-state index in [-0.39, 0.29) is 5.78 Å². The topological polar surface area (TPSA) is 17.1 Å². The Balaban J connectivity index is 1.88. The smallest absolute Gasteiger partial charge is 0.189 e. The molecule has 0 heterocycles. The van der Waals surface area contributed by atoms with E-state index in [2.05, 4.69) is 6.08 Å². The molecule has 0 aromatic heterocycles. The third-order valence-corrected chi connectivity index (χ3v) is 3.56. The predicted octanol–water partition coefficient (Wildman–Crippen LogP) is 3.54. The second kappa shape index (κ2) is 3.75. The Morgan fingerprint density at radius 1 is 1.12 bits per heavy atom. The zero-order valence-electron chi connectivity index (χ0n) is 9.15. The van der Waals surface area contributed by atoms with Crippen molar-refractivity contribution in [3.05, 3.63) is 59.2 Å². The zero-order valence-corrected chi connectivity index (χ0v) is 9.15. The van der Waals surface area contributed by atoms with Gasteiger partial charge in [0.05, 0.1) is 0 Å². The van der Waals surface area contributed by atoms with Crippen LogP contribution < -0.4 is 0 Å². The van der Waals surface area contributed by atoms with Gasteiger partial charge in [-0.3, -0.25) is 4.79 Å². The normalized spacial score (nSPS) is 22.6. The van der Waals surface area contributed by atoms with Crippen molar-refractivity contribution < 1.29 is 4.79 Å². The van der Waals surface area contributed by atoms with Gasteiger partial charge in [-0.1, -0.05) is 48.1 Å². The van der Waals surface area contributed by atoms with Crippen molar-refractivity contribution in [2.24, 2.45) is 5.92 Å². The maximum absolute atomic E-state index is 12.3. The molecule has 0 N–H and O–H groups in total. The summed E-state index contributed by atoms with van der Waals surface area (Å²) in [7, 11) is 0. The molecule has 1 heteroatoms. The van der Waals surface area contributed by atoms with Gasteiger partial charge in [0.25, 0.3) is 0 Å². The fourth-order valence-corrected chi connectivity index (χ4v) is 2.73. The van der Waals surface area contributed by atoms with Crippen LogP contribution in [0.5, 0.6) is 0 Å². The summed E-state index contributed by atoms with van der Waals surface area (Å²) in [4.78, 5) is 12.3. The lowest BCUT2D eigenvalue weighted by Gasteiger charge is -2.10. The molecule has 80 valence electrons. The van der Waals surface area contributed by atoms with E-state index in [0.717, 1.165) is 17.6 Å². The second-order valence-corrected chi connectivity index (χ2v) is 4.50. The highest BCUT2D eigenvalue weighted by Gasteiger charge is 2.31. The molecule has 1 nitrogen and oxygen atoms in total. The summed E-state index contributed by atoms with van der Waals surface area (Å²) in [5.74, 6) is 0.631. The van der Waals surface area contributed by atoms with Crippen molar-refractivity contribution in [2.45, 2.75) is 19.3 Å². The van der Waals surface area contributed by atoms with Crippen molar-refractivity contribution in [1.29, 1.82) is 0 Å². The average Bonchev–Trinajstić information content (AvgIpc) is 2.91. The van der Waals surface area contributed by atoms with Crippen molar-refractivity contribution >= 4 is 5.78 Å². The molecule has 16 heavy (non-hydrogen) atoms. The first-order valence-electron chi connectivity index (χ1n) is 5.86. The Morgan fingerprint density at radius 2 is 1.94 bits per heavy atom. The molecular weight excluding hydrogens is 196 g/mol. The van der Waals surface area contributed by atoms with Gasteiger partial charge in [-0.15, -0.1) is 0 Å². The largest absolute Gasteiger partial charge is 0.289 e. The molecule has 0 bridgehead atoms. The van der Waals surface area contributed by atoms with Crippen LogP contribution in [0.4, 0.5) is 0 Å². The van der Waals surface area contributed by atoms with Crippen LogP contribution in [0.2, 0.25) is 0 Å². The maximum Gasteiger partial charge on any atom is 0.189 e. The predicted molar refractivity (Wildman–Crippen MR) is 64.3 cm³/mol. The second-order valence-electron chi connectivity index (χ2n) is 4.50. The highest BCUT2D eigenvalue weighted by molar-refractivity contribution is 6.10. The van der Waals surface area contributed by atoms with Crippen LogP contribution >= 0.6 is 0 Å². The number of hydrogen-bond acceptors (Lipinski definition) is 1. The van der Waals surface area contributed by atoms with Crippen LogP contribution in [0.1, 0.15) is 29.6 Å². The van der Waals surface area contributed by atoms with E-state index < -0.39 is 0 Å². The van der Waals surface area contributed by atoms with Gasteiger partial charge in [0, 0.05) is 17.1 Å². The van der Waals surface area contributed by atoms with Crippen LogP contribution in [-0.2, 0) is 0 Å². The maximum atomic E-state index is 12.3. The lowest BCUT2D eigenvalue weighted by Crippen LogP contribution is -2.09. The molecule has 1 aromatic carbocycles. The summed E-state index contributed by atoms with van der Waals surface area (Å²) in [6, 6.07) is 9.59. The van der Waals surface area contributed by atoms with E-state index in [1.54, 1.807) is 0 Å². The van der Waals surface area contributed by atoms with E-state index in [1.165, 1.54) is 18.4 Å². The van der Waals surface area contributed by atoms with Crippen molar-refractivity contribution in [3.63, 3.8) is 0 Å². The van der Waals surface area contributed by atoms with E-state index in [9.17, 15) is 4.79 Å². The third kappa shape index (κ3) is 1.44. The molecule has 0 spiro atoms. The Hall–Kier alpha value is -1.63. The first-order valence-corrected chi connectivity index (χ1v) is 5.86. The monoisotopic (exact) mass is 210 g/mol. The molecule has 2 aliphatic carbocycles. The number of rotatable bonds is 2. The molecule has 1 fully saturated rings. The number of carbonyl (C=O) groups excluding carboxylic acids is 1. The standard InChI is InChI=1S/C15H14O/c16-15(12-5-2-1-3-6-12)14-10-9-11-7-4-8-13(11)14/h1-3,5-6,9-10,13H,4,7-8H2. The lowest BCUT2D eigenvalue weighted by molar-refractivity contribution is 0.102. The summed E-state index contributed by atoms with van der Waals surface area (Å²) in [6.07, 6.45) is 7.72. The third-order valence-electron chi connectivity index (χ3n) is 3.56. The number of Topliss-reactive ketones (excluding diaryl/α,β-unsaturated/α-hetero) is 1. The number of allylic oxidation sites excluding steroid dienone is 4. The van der Waals surface area contributed by atoms with Gasteiger partial charge in [0.2, 0.25) is 0 Å². The van der Waals surface area contributed by atoms with Gasteiger partial charge < -0.3 is 0 Å². The van der Waals surface area contributed by atoms with Crippen molar-refractivity contribution in [1.82, 2.24) is 0 Å². The fraction of sp³-hybridized carbons (Fsp3) is 0.267. The molecule has 0 amide bonds. The first kappa shape index (κ1) is 9.59. The fourth-order valence-electron chi connectivity index (χ4n) is 2.73. The summed E-state index contributed by atoms with van der Waals surface area (Å²) in [5.41, 5.74) is 3.27. The average molecular weight is 210 g/mol. The van der Waals surface area contributed by atoms with E-state index in [4.69, 9.17) is 0 Å². The van der Waals surface area contributed by atoms with Crippen molar-refractivity contribution in [3.8, 4) is 0 Å². The molecule has 2 aliphatic rings. The van der Waals surface area contributed by atoms with Crippen LogP contribution in [-0.4, -0.2) is 5.78 Å². The first-order chi connectivity index (χ1) is 7.86. The lowest BCUT2D eigenvalue weighted by atomic mass is 9.92. The van der Waals surface area contributed by atoms with Gasteiger partial charge in [-0.2, -0.15) is 0 Å². The molecule has 0 radical (unpaired) electrons. The highest BCUT2D eigenvalue weighted by Crippen LogP contribution is 2.41. The zero-order chi connectivity index (χ0) is 11.0. The molecular formula is C15H14O. The molecule has 0 saturated heterocycles. The summed E-state index contributed by atoms with van der Waals surface area (Å²) in [5, 5.41) is 0. The molecule has 1 atom stereocenters. The van der Waals surface area contributed by atoms with Gasteiger partial charge in [-0.25, -0.2) is 0 Å². The van der Waals surface area contributed by atoms with E-state index >= 15 is 0 Å². The van der Waals surface area contributed by atoms with Crippen LogP contribution in [0.15, 0.2) is 53.6 Å². The number of fused-ring (bicyclic) bond motifs is 1. The Morgan fingerprint density at radius 3 is 2.75 bits per heavy atom. The minimum atomic E-state index is 0.207. The van der Waals surface area contributed by atoms with E-state index in [1.807, 2.05) is 36.4 Å². The minimum Gasteiger partial charge on any atom is -0.289 e. The molecule has 0 aliphatic heterocycles. The van der Waals surface area contributed by atoms with Crippen LogP contribution in [0.3, 0.4) is 0 Å². The number of benzene rings is 1. The van der Waals surface area contributed by atoms with Gasteiger partial charge >= 0.3 is 0 Å². The summed E-state index contributed by atoms with van der Waals surface area (Å²) in [6.45, 7) is 0. The summed E-state index contributed by atoms with van der Waals surface area (Å²) < 4.78 is 0. The quantitative estimate of drug-likeness (QED) is 0.682. The Labute approximate surface area is 95.5 Å². The van der Waals surface area contributed by atoms with Crippen LogP contribution in [0.25, 0.3) is 0 Å². The van der Waals surface area contributed by atoms with Gasteiger partial charge in [-0.05, 0) is 19.3 Å². The molecule has 1 unspecified atom stereocenters. The number of hydrogen-bond donors (Lipinski definition) is 0. The van der Waals surface area contributed by atoms with E-state index in [0.29, 0.717) is 5.92 Å².